The minimum absolute atomic E-state index is 0. The lowest BCUT2D eigenvalue weighted by atomic mass is 10.2. The number of hydrogen-bond acceptors (Lipinski definition) is 4. The molecule has 0 spiro atoms. The number of pyridine rings is 1. The van der Waals surface area contributed by atoms with Crippen LogP contribution < -0.4 is 0 Å². The first-order valence-corrected chi connectivity index (χ1v) is 5.93. The summed E-state index contributed by atoms with van der Waals surface area (Å²) in [5, 5.41) is 0.368. The van der Waals surface area contributed by atoms with E-state index in [1.807, 2.05) is 0 Å². The summed E-state index contributed by atoms with van der Waals surface area (Å²) in [6, 6.07) is 5.97. The summed E-state index contributed by atoms with van der Waals surface area (Å²) in [6.07, 6.45) is 1.54. The van der Waals surface area contributed by atoms with Crippen molar-refractivity contribution in [3.05, 3.63) is 30.5 Å². The van der Waals surface area contributed by atoms with Crippen LogP contribution in [0.1, 0.15) is 0 Å². The molecule has 0 unspecified atom stereocenters. The van der Waals surface area contributed by atoms with E-state index in [0.717, 1.165) is 0 Å². The van der Waals surface area contributed by atoms with Gasteiger partial charge in [-0.15, -0.1) is 12.6 Å². The maximum atomic E-state index is 11.1. The third-order valence-electron chi connectivity index (χ3n) is 1.99. The van der Waals surface area contributed by atoms with Crippen LogP contribution in [0.4, 0.5) is 0 Å². The van der Waals surface area contributed by atoms with Crippen LogP contribution in [0.5, 0.6) is 0 Å². The van der Waals surface area contributed by atoms with Crippen molar-refractivity contribution in [1.82, 2.24) is 4.98 Å². The maximum absolute atomic E-state index is 11.1. The first-order valence-electron chi connectivity index (χ1n) is 4.04. The summed E-state index contributed by atoms with van der Waals surface area (Å²) in [5.74, 6) is 0. The van der Waals surface area contributed by atoms with Gasteiger partial charge in [0.2, 0.25) is 0 Å². The van der Waals surface area contributed by atoms with Gasteiger partial charge >= 0.3 is 0 Å². The molecule has 86 valence electrons. The Morgan fingerprint density at radius 3 is 2.56 bits per heavy atom. The summed E-state index contributed by atoms with van der Waals surface area (Å²) in [5.41, 5.74) is 0.455. The molecule has 0 bridgehead atoms. The van der Waals surface area contributed by atoms with Crippen molar-refractivity contribution < 1.29 is 18.4 Å². The van der Waals surface area contributed by atoms with Crippen LogP contribution in [0.25, 0.3) is 10.9 Å². The molecule has 1 aromatic carbocycles. The van der Waals surface area contributed by atoms with Gasteiger partial charge in [0.1, 0.15) is 4.90 Å². The molecule has 0 saturated heterocycles. The second-order valence-corrected chi connectivity index (χ2v) is 4.83. The highest BCUT2D eigenvalue weighted by atomic mass is 32.2. The second kappa shape index (κ2) is 4.38. The zero-order valence-corrected chi connectivity index (χ0v) is 9.66. The van der Waals surface area contributed by atoms with Gasteiger partial charge in [-0.3, -0.25) is 9.54 Å². The Balaban J connectivity index is 0.00000128. The lowest BCUT2D eigenvalue weighted by Gasteiger charge is -2.04. The zero-order chi connectivity index (χ0) is 11.1. The van der Waals surface area contributed by atoms with Crippen LogP contribution in [0.3, 0.4) is 0 Å². The van der Waals surface area contributed by atoms with Gasteiger partial charge in [0.05, 0.1) is 5.52 Å². The van der Waals surface area contributed by atoms with E-state index in [1.54, 1.807) is 12.1 Å². The number of aromatic nitrogens is 1. The largest absolute Gasteiger partial charge is 0.412 e. The Kier molecular flexibility index (Phi) is 3.54. The van der Waals surface area contributed by atoms with Crippen molar-refractivity contribution in [2.75, 3.05) is 0 Å². The summed E-state index contributed by atoms with van der Waals surface area (Å²) in [7, 11) is -4.22. The Bertz CT molecular complexity index is 624. The summed E-state index contributed by atoms with van der Waals surface area (Å²) in [4.78, 5) is 4.42. The highest BCUT2D eigenvalue weighted by Crippen LogP contribution is 2.26. The normalized spacial score (nSPS) is 11.1. The Hall–Kier alpha value is -1.15. The lowest BCUT2D eigenvalue weighted by molar-refractivity contribution is 0.484. The van der Waals surface area contributed by atoms with E-state index < -0.39 is 10.1 Å². The van der Waals surface area contributed by atoms with E-state index >= 15 is 0 Å². The SMILES string of the molecule is O.O=S(=O)(O)c1ccc(S)c2ncccc12. The Morgan fingerprint density at radius 2 is 1.94 bits per heavy atom. The van der Waals surface area contributed by atoms with Crippen LogP contribution in [0, 0.1) is 0 Å². The molecule has 3 N–H and O–H groups in total. The van der Waals surface area contributed by atoms with Crippen molar-refractivity contribution in [3.63, 3.8) is 0 Å². The zero-order valence-electron chi connectivity index (χ0n) is 7.95. The molecule has 0 atom stereocenters. The van der Waals surface area contributed by atoms with Crippen LogP contribution in [0.15, 0.2) is 40.3 Å². The van der Waals surface area contributed by atoms with E-state index in [9.17, 15) is 8.42 Å². The monoisotopic (exact) mass is 259 g/mol. The van der Waals surface area contributed by atoms with Crippen LogP contribution in [-0.4, -0.2) is 23.4 Å². The van der Waals surface area contributed by atoms with E-state index in [2.05, 4.69) is 17.6 Å². The minimum atomic E-state index is -4.22. The molecule has 0 fully saturated rings. The van der Waals surface area contributed by atoms with Crippen LogP contribution in [-0.2, 0) is 10.1 Å². The molecule has 1 aromatic heterocycles. The quantitative estimate of drug-likeness (QED) is 0.588. The molecule has 2 aromatic rings. The number of benzene rings is 1. The summed E-state index contributed by atoms with van der Waals surface area (Å²) >= 11 is 4.15. The van der Waals surface area contributed by atoms with Gasteiger partial charge in [-0.25, -0.2) is 0 Å². The molecule has 1 heterocycles. The number of thiol groups is 1. The lowest BCUT2D eigenvalue weighted by Crippen LogP contribution is -1.99. The van der Waals surface area contributed by atoms with Crippen LogP contribution in [0.2, 0.25) is 0 Å². The Morgan fingerprint density at radius 1 is 1.25 bits per heavy atom. The molecule has 16 heavy (non-hydrogen) atoms. The molecule has 0 aliphatic rings. The minimum Gasteiger partial charge on any atom is -0.412 e. The topological polar surface area (TPSA) is 98.8 Å². The molecule has 0 amide bonds. The van der Waals surface area contributed by atoms with Crippen LogP contribution >= 0.6 is 12.6 Å². The molecule has 0 saturated carbocycles. The Labute approximate surface area is 97.6 Å². The molecular formula is C9H9NO4S2. The molecule has 5 nitrogen and oxygen atoms in total. The first kappa shape index (κ1) is 12.9. The average Bonchev–Trinajstić information content (AvgIpc) is 2.17. The fourth-order valence-electron chi connectivity index (χ4n) is 1.36. The number of rotatable bonds is 1. The smallest absolute Gasteiger partial charge is 0.295 e. The van der Waals surface area contributed by atoms with Gasteiger partial charge in [-0.05, 0) is 24.3 Å². The van der Waals surface area contributed by atoms with Gasteiger partial charge in [-0.1, -0.05) is 0 Å². The summed E-state index contributed by atoms with van der Waals surface area (Å²) < 4.78 is 31.1. The van der Waals surface area contributed by atoms with Gasteiger partial charge in [0.15, 0.2) is 0 Å². The molecule has 2 rings (SSSR count). The third kappa shape index (κ3) is 2.17. The maximum Gasteiger partial charge on any atom is 0.295 e. The van der Waals surface area contributed by atoms with Gasteiger partial charge in [0.25, 0.3) is 10.1 Å². The highest BCUT2D eigenvalue weighted by Gasteiger charge is 2.14. The highest BCUT2D eigenvalue weighted by molar-refractivity contribution is 7.86. The van der Waals surface area contributed by atoms with Gasteiger partial charge < -0.3 is 5.48 Å². The van der Waals surface area contributed by atoms with Crippen molar-refractivity contribution in [1.29, 1.82) is 0 Å². The average molecular weight is 259 g/mol. The van der Waals surface area contributed by atoms with E-state index in [4.69, 9.17) is 4.55 Å². The number of nitrogens with zero attached hydrogens (tertiary/aromatic N) is 1. The molecule has 0 aliphatic heterocycles. The predicted molar refractivity (Wildman–Crippen MR) is 62.4 cm³/mol. The second-order valence-electron chi connectivity index (χ2n) is 2.96. The van der Waals surface area contributed by atoms with Gasteiger partial charge in [-0.2, -0.15) is 8.42 Å². The van der Waals surface area contributed by atoms with E-state index in [0.29, 0.717) is 15.8 Å². The van der Waals surface area contributed by atoms with Crippen molar-refractivity contribution in [3.8, 4) is 0 Å². The number of fused-ring (bicyclic) bond motifs is 1. The number of hydrogen-bond donors (Lipinski definition) is 2. The predicted octanol–water partition coefficient (Wildman–Crippen LogP) is 0.946. The summed E-state index contributed by atoms with van der Waals surface area (Å²) in [6.45, 7) is 0. The molecule has 7 heteroatoms. The van der Waals surface area contributed by atoms with E-state index in [1.165, 1.54) is 18.3 Å². The van der Waals surface area contributed by atoms with E-state index in [-0.39, 0.29) is 10.4 Å². The first-order chi connectivity index (χ1) is 7.00. The third-order valence-corrected chi connectivity index (χ3v) is 3.26. The standard InChI is InChI=1S/C9H7NO3S2.H2O/c11-15(12,13)8-4-3-7(14)9-6(8)2-1-5-10-9;/h1-5,14H,(H,11,12,13);1H2. The molecule has 0 aliphatic carbocycles. The molecular weight excluding hydrogens is 250 g/mol. The van der Waals surface area contributed by atoms with Crippen molar-refractivity contribution >= 4 is 33.6 Å². The fourth-order valence-corrected chi connectivity index (χ4v) is 2.29. The fraction of sp³-hybridized carbons (Fsp3) is 0. The van der Waals surface area contributed by atoms with Gasteiger partial charge in [0, 0.05) is 16.5 Å². The van der Waals surface area contributed by atoms with Crippen molar-refractivity contribution in [2.24, 2.45) is 0 Å². The van der Waals surface area contributed by atoms with Crippen molar-refractivity contribution in [2.45, 2.75) is 9.79 Å². The molecule has 0 radical (unpaired) electrons.